The molecule has 1 aromatic heterocycles. The predicted molar refractivity (Wildman–Crippen MR) is 79.8 cm³/mol. The summed E-state index contributed by atoms with van der Waals surface area (Å²) in [5.41, 5.74) is 1.30. The Labute approximate surface area is 121 Å². The van der Waals surface area contributed by atoms with Gasteiger partial charge in [0.25, 0.3) is 0 Å². The molecule has 0 saturated heterocycles. The number of hydrogen-bond donors (Lipinski definition) is 1. The van der Waals surface area contributed by atoms with E-state index in [9.17, 15) is 0 Å². The van der Waals surface area contributed by atoms with Crippen LogP contribution in [0.5, 0.6) is 0 Å². The second-order valence-electron chi connectivity index (χ2n) is 4.42. The molecule has 1 nitrogen and oxygen atoms in total. The first-order valence-electron chi connectivity index (χ1n) is 6.05. The molecule has 94 valence electrons. The Kier molecular flexibility index (Phi) is 3.94. The summed E-state index contributed by atoms with van der Waals surface area (Å²) in [4.78, 5) is 1.19. The van der Waals surface area contributed by atoms with E-state index in [-0.39, 0.29) is 0 Å². The molecule has 0 unspecified atom stereocenters. The molecule has 1 saturated carbocycles. The second kappa shape index (κ2) is 5.66. The standard InChI is InChI=1S/C14H14ClNS2/c15-12-4-1-3-10(9-16-11-6-7-11)14(12)18-13-5-2-8-17-13/h1-5,8,11,16H,6-7,9H2. The van der Waals surface area contributed by atoms with Gasteiger partial charge in [-0.3, -0.25) is 0 Å². The topological polar surface area (TPSA) is 12.0 Å². The fraction of sp³-hybridized carbons (Fsp3) is 0.286. The van der Waals surface area contributed by atoms with Crippen LogP contribution in [0, 0.1) is 0 Å². The van der Waals surface area contributed by atoms with Crippen LogP contribution in [0.25, 0.3) is 0 Å². The fourth-order valence-electron chi connectivity index (χ4n) is 1.77. The van der Waals surface area contributed by atoms with E-state index in [4.69, 9.17) is 11.6 Å². The van der Waals surface area contributed by atoms with E-state index >= 15 is 0 Å². The highest BCUT2D eigenvalue weighted by Crippen LogP contribution is 2.38. The summed E-state index contributed by atoms with van der Waals surface area (Å²) in [5.74, 6) is 0. The largest absolute Gasteiger partial charge is 0.310 e. The van der Waals surface area contributed by atoms with Crippen LogP contribution in [-0.4, -0.2) is 6.04 Å². The van der Waals surface area contributed by atoms with Crippen molar-refractivity contribution in [3.8, 4) is 0 Å². The molecule has 0 bridgehead atoms. The zero-order valence-electron chi connectivity index (χ0n) is 9.86. The van der Waals surface area contributed by atoms with Crippen LogP contribution in [0.15, 0.2) is 44.8 Å². The minimum absolute atomic E-state index is 0.726. The predicted octanol–water partition coefficient (Wildman–Crippen LogP) is 4.80. The molecule has 1 heterocycles. The first-order valence-corrected chi connectivity index (χ1v) is 8.12. The van der Waals surface area contributed by atoms with Crippen molar-refractivity contribution in [1.29, 1.82) is 0 Å². The van der Waals surface area contributed by atoms with Crippen molar-refractivity contribution in [3.63, 3.8) is 0 Å². The van der Waals surface area contributed by atoms with Gasteiger partial charge in [-0.1, -0.05) is 41.6 Å². The minimum Gasteiger partial charge on any atom is -0.310 e. The average Bonchev–Trinajstić information content (AvgIpc) is 3.06. The summed E-state index contributed by atoms with van der Waals surface area (Å²) in [6.45, 7) is 0.916. The lowest BCUT2D eigenvalue weighted by Crippen LogP contribution is -2.15. The van der Waals surface area contributed by atoms with Gasteiger partial charge in [-0.25, -0.2) is 0 Å². The zero-order valence-corrected chi connectivity index (χ0v) is 12.2. The third kappa shape index (κ3) is 3.09. The van der Waals surface area contributed by atoms with Crippen LogP contribution in [-0.2, 0) is 6.54 Å². The van der Waals surface area contributed by atoms with E-state index in [1.165, 1.54) is 27.5 Å². The molecule has 1 aromatic carbocycles. The molecule has 3 rings (SSSR count). The number of nitrogens with one attached hydrogen (secondary N) is 1. The van der Waals surface area contributed by atoms with E-state index < -0.39 is 0 Å². The van der Waals surface area contributed by atoms with Crippen LogP contribution < -0.4 is 5.32 Å². The zero-order chi connectivity index (χ0) is 12.4. The smallest absolute Gasteiger partial charge is 0.0646 e. The van der Waals surface area contributed by atoms with Crippen molar-refractivity contribution in [3.05, 3.63) is 46.3 Å². The lowest BCUT2D eigenvalue weighted by molar-refractivity contribution is 0.680. The van der Waals surface area contributed by atoms with Crippen LogP contribution >= 0.6 is 34.7 Å². The SMILES string of the molecule is Clc1cccc(CNC2CC2)c1Sc1cccs1. The Morgan fingerprint density at radius 1 is 1.28 bits per heavy atom. The number of halogens is 1. The molecule has 0 atom stereocenters. The van der Waals surface area contributed by atoms with Gasteiger partial charge in [0.05, 0.1) is 9.23 Å². The summed E-state index contributed by atoms with van der Waals surface area (Å²) in [7, 11) is 0. The van der Waals surface area contributed by atoms with E-state index in [1.807, 2.05) is 12.1 Å². The molecular formula is C14H14ClNS2. The van der Waals surface area contributed by atoms with E-state index in [2.05, 4.69) is 28.9 Å². The van der Waals surface area contributed by atoms with Crippen LogP contribution in [0.2, 0.25) is 5.02 Å². The lowest BCUT2D eigenvalue weighted by atomic mass is 10.2. The number of benzene rings is 1. The first-order chi connectivity index (χ1) is 8.83. The monoisotopic (exact) mass is 295 g/mol. The van der Waals surface area contributed by atoms with E-state index in [0.717, 1.165) is 17.6 Å². The van der Waals surface area contributed by atoms with Crippen molar-refractivity contribution in [2.75, 3.05) is 0 Å². The van der Waals surface area contributed by atoms with Crippen molar-refractivity contribution < 1.29 is 0 Å². The van der Waals surface area contributed by atoms with Gasteiger partial charge in [0.15, 0.2) is 0 Å². The van der Waals surface area contributed by atoms with Gasteiger partial charge < -0.3 is 5.32 Å². The molecule has 0 aliphatic heterocycles. The second-order valence-corrected chi connectivity index (χ2v) is 7.08. The molecule has 1 fully saturated rings. The average molecular weight is 296 g/mol. The first kappa shape index (κ1) is 12.5. The Morgan fingerprint density at radius 2 is 2.17 bits per heavy atom. The van der Waals surface area contributed by atoms with Crippen molar-refractivity contribution in [1.82, 2.24) is 5.32 Å². The third-order valence-electron chi connectivity index (χ3n) is 2.90. The van der Waals surface area contributed by atoms with E-state index in [0.29, 0.717) is 0 Å². The Hall–Kier alpha value is -0.480. The van der Waals surface area contributed by atoms with E-state index in [1.54, 1.807) is 23.1 Å². The van der Waals surface area contributed by atoms with Crippen LogP contribution in [0.4, 0.5) is 0 Å². The lowest BCUT2D eigenvalue weighted by Gasteiger charge is -2.10. The molecule has 2 aromatic rings. The summed E-state index contributed by atoms with van der Waals surface area (Å²) in [6, 6.07) is 11.1. The maximum absolute atomic E-state index is 6.33. The summed E-state index contributed by atoms with van der Waals surface area (Å²) in [5, 5.41) is 6.50. The van der Waals surface area contributed by atoms with Gasteiger partial charge in [0, 0.05) is 17.5 Å². The van der Waals surface area contributed by atoms with Crippen molar-refractivity contribution in [2.24, 2.45) is 0 Å². The van der Waals surface area contributed by atoms with Gasteiger partial charge in [-0.05, 0) is 35.9 Å². The number of rotatable bonds is 5. The molecule has 1 aliphatic rings. The molecule has 0 spiro atoms. The van der Waals surface area contributed by atoms with Crippen molar-refractivity contribution in [2.45, 2.75) is 34.5 Å². The quantitative estimate of drug-likeness (QED) is 0.850. The van der Waals surface area contributed by atoms with Gasteiger partial charge >= 0.3 is 0 Å². The molecular weight excluding hydrogens is 282 g/mol. The molecule has 1 aliphatic carbocycles. The van der Waals surface area contributed by atoms with Crippen molar-refractivity contribution >= 4 is 34.7 Å². The van der Waals surface area contributed by atoms with Gasteiger partial charge in [0.1, 0.15) is 0 Å². The van der Waals surface area contributed by atoms with Gasteiger partial charge in [0.2, 0.25) is 0 Å². The minimum atomic E-state index is 0.726. The summed E-state index contributed by atoms with van der Waals surface area (Å²) in [6.07, 6.45) is 2.63. The fourth-order valence-corrected chi connectivity index (χ4v) is 3.92. The summed E-state index contributed by atoms with van der Waals surface area (Å²) < 4.78 is 1.29. The Balaban J connectivity index is 1.80. The Morgan fingerprint density at radius 3 is 2.89 bits per heavy atom. The maximum Gasteiger partial charge on any atom is 0.0646 e. The van der Waals surface area contributed by atoms with Gasteiger partial charge in [-0.15, -0.1) is 11.3 Å². The molecule has 1 N–H and O–H groups in total. The van der Waals surface area contributed by atoms with Crippen LogP contribution in [0.1, 0.15) is 18.4 Å². The number of thiophene rings is 1. The molecule has 0 radical (unpaired) electrons. The highest BCUT2D eigenvalue weighted by Gasteiger charge is 2.20. The normalized spacial score (nSPS) is 14.9. The maximum atomic E-state index is 6.33. The molecule has 18 heavy (non-hydrogen) atoms. The third-order valence-corrected chi connectivity index (χ3v) is 5.56. The highest BCUT2D eigenvalue weighted by molar-refractivity contribution is 8.01. The molecule has 0 amide bonds. The highest BCUT2D eigenvalue weighted by atomic mass is 35.5. The number of hydrogen-bond acceptors (Lipinski definition) is 3. The molecule has 4 heteroatoms. The Bertz CT molecular complexity index is 521. The van der Waals surface area contributed by atoms with Gasteiger partial charge in [-0.2, -0.15) is 0 Å². The van der Waals surface area contributed by atoms with Crippen LogP contribution in [0.3, 0.4) is 0 Å². The summed E-state index contributed by atoms with van der Waals surface area (Å²) >= 11 is 9.86.